The number of hydrogen-bond acceptors (Lipinski definition) is 3. The number of rotatable bonds is 6. The Hall–Kier alpha value is -1.84. The van der Waals surface area contributed by atoms with Crippen molar-refractivity contribution in [3.05, 3.63) is 29.8 Å². The summed E-state index contributed by atoms with van der Waals surface area (Å²) in [6, 6.07) is 6.82. The standard InChI is InChI=1S/C13H17NO3/c1-10(2)7-14-13(16)9-17-12-6-4-3-5-11(12)8-15/h3-6,8,10H,7,9H2,1-2H3,(H,14,16). The molecule has 1 amide bonds. The molecule has 0 saturated heterocycles. The Kier molecular flexibility index (Phi) is 5.20. The highest BCUT2D eigenvalue weighted by Crippen LogP contribution is 2.15. The summed E-state index contributed by atoms with van der Waals surface area (Å²) >= 11 is 0. The molecule has 1 N–H and O–H groups in total. The molecule has 0 unspecified atom stereocenters. The van der Waals surface area contributed by atoms with Gasteiger partial charge in [0.2, 0.25) is 0 Å². The second kappa shape index (κ2) is 6.68. The number of nitrogens with one attached hydrogen (secondary N) is 1. The van der Waals surface area contributed by atoms with E-state index in [1.165, 1.54) is 0 Å². The molecule has 92 valence electrons. The third-order valence-corrected chi connectivity index (χ3v) is 2.11. The first-order valence-electron chi connectivity index (χ1n) is 5.57. The van der Waals surface area contributed by atoms with E-state index in [9.17, 15) is 9.59 Å². The van der Waals surface area contributed by atoms with Gasteiger partial charge < -0.3 is 10.1 Å². The van der Waals surface area contributed by atoms with Crippen molar-refractivity contribution in [3.8, 4) is 5.75 Å². The normalized spacial score (nSPS) is 10.1. The second-order valence-electron chi connectivity index (χ2n) is 4.14. The van der Waals surface area contributed by atoms with E-state index in [4.69, 9.17) is 4.74 Å². The van der Waals surface area contributed by atoms with Crippen LogP contribution >= 0.6 is 0 Å². The fourth-order valence-corrected chi connectivity index (χ4v) is 1.22. The molecule has 0 aliphatic rings. The van der Waals surface area contributed by atoms with Gasteiger partial charge in [-0.3, -0.25) is 9.59 Å². The maximum atomic E-state index is 11.4. The van der Waals surface area contributed by atoms with Gasteiger partial charge in [-0.2, -0.15) is 0 Å². The smallest absolute Gasteiger partial charge is 0.257 e. The van der Waals surface area contributed by atoms with Gasteiger partial charge in [0.25, 0.3) is 5.91 Å². The number of para-hydroxylation sites is 1. The first kappa shape index (κ1) is 13.2. The van der Waals surface area contributed by atoms with Crippen molar-refractivity contribution < 1.29 is 14.3 Å². The average Bonchev–Trinajstić information content (AvgIpc) is 2.34. The summed E-state index contributed by atoms with van der Waals surface area (Å²) in [6.45, 7) is 4.58. The van der Waals surface area contributed by atoms with E-state index in [0.717, 1.165) is 0 Å². The molecule has 4 heteroatoms. The van der Waals surface area contributed by atoms with Crippen LogP contribution in [-0.2, 0) is 4.79 Å². The van der Waals surface area contributed by atoms with Gasteiger partial charge in [0.05, 0.1) is 5.56 Å². The van der Waals surface area contributed by atoms with Crippen LogP contribution in [-0.4, -0.2) is 25.3 Å². The molecule has 0 aromatic heterocycles. The zero-order valence-corrected chi connectivity index (χ0v) is 10.1. The molecule has 1 aromatic rings. The molecule has 1 aromatic carbocycles. The molecular formula is C13H17NO3. The predicted molar refractivity (Wildman–Crippen MR) is 65.2 cm³/mol. The Morgan fingerprint density at radius 2 is 2.12 bits per heavy atom. The zero-order chi connectivity index (χ0) is 12.7. The molecule has 0 aliphatic heterocycles. The van der Waals surface area contributed by atoms with Crippen LogP contribution in [0.1, 0.15) is 24.2 Å². The van der Waals surface area contributed by atoms with E-state index in [1.807, 2.05) is 13.8 Å². The summed E-state index contributed by atoms with van der Waals surface area (Å²) in [7, 11) is 0. The lowest BCUT2D eigenvalue weighted by atomic mass is 10.2. The van der Waals surface area contributed by atoms with Gasteiger partial charge in [-0.05, 0) is 18.1 Å². The van der Waals surface area contributed by atoms with Crippen LogP contribution in [0.4, 0.5) is 0 Å². The first-order chi connectivity index (χ1) is 8.13. The largest absolute Gasteiger partial charge is 0.483 e. The summed E-state index contributed by atoms with van der Waals surface area (Å²) in [5, 5.41) is 2.74. The molecule has 1 rings (SSSR count). The summed E-state index contributed by atoms with van der Waals surface area (Å²) in [4.78, 5) is 22.1. The van der Waals surface area contributed by atoms with Crippen LogP contribution in [0.25, 0.3) is 0 Å². The molecule has 0 saturated carbocycles. The highest BCUT2D eigenvalue weighted by Gasteiger charge is 2.06. The first-order valence-corrected chi connectivity index (χ1v) is 5.57. The molecular weight excluding hydrogens is 218 g/mol. The lowest BCUT2D eigenvalue weighted by Crippen LogP contribution is -2.31. The van der Waals surface area contributed by atoms with Gasteiger partial charge in [-0.15, -0.1) is 0 Å². The van der Waals surface area contributed by atoms with E-state index in [0.29, 0.717) is 30.1 Å². The zero-order valence-electron chi connectivity index (χ0n) is 10.1. The quantitative estimate of drug-likeness (QED) is 0.763. The maximum Gasteiger partial charge on any atom is 0.257 e. The summed E-state index contributed by atoms with van der Waals surface area (Å²) in [5.41, 5.74) is 0.448. The summed E-state index contributed by atoms with van der Waals surface area (Å²) in [6.07, 6.45) is 0.710. The number of aldehydes is 1. The van der Waals surface area contributed by atoms with Crippen LogP contribution in [0.15, 0.2) is 24.3 Å². The van der Waals surface area contributed by atoms with Crippen molar-refractivity contribution in [1.82, 2.24) is 5.32 Å². The van der Waals surface area contributed by atoms with E-state index < -0.39 is 0 Å². The van der Waals surface area contributed by atoms with Gasteiger partial charge in [0.15, 0.2) is 12.9 Å². The minimum atomic E-state index is -0.181. The lowest BCUT2D eigenvalue weighted by molar-refractivity contribution is -0.123. The molecule has 17 heavy (non-hydrogen) atoms. The third-order valence-electron chi connectivity index (χ3n) is 2.11. The Morgan fingerprint density at radius 1 is 1.41 bits per heavy atom. The van der Waals surface area contributed by atoms with Gasteiger partial charge in [-0.1, -0.05) is 26.0 Å². The molecule has 0 bridgehead atoms. The fourth-order valence-electron chi connectivity index (χ4n) is 1.22. The molecule has 0 heterocycles. The van der Waals surface area contributed by atoms with E-state index in [2.05, 4.69) is 5.32 Å². The van der Waals surface area contributed by atoms with Gasteiger partial charge >= 0.3 is 0 Å². The predicted octanol–water partition coefficient (Wildman–Crippen LogP) is 1.65. The summed E-state index contributed by atoms with van der Waals surface area (Å²) in [5.74, 6) is 0.655. The lowest BCUT2D eigenvalue weighted by Gasteiger charge is -2.10. The van der Waals surface area contributed by atoms with Crippen LogP contribution in [0.5, 0.6) is 5.75 Å². The van der Waals surface area contributed by atoms with Gasteiger partial charge in [-0.25, -0.2) is 0 Å². The Labute approximate surface area is 101 Å². The Balaban J connectivity index is 2.44. The van der Waals surface area contributed by atoms with Crippen molar-refractivity contribution in [2.24, 2.45) is 5.92 Å². The number of hydrogen-bond donors (Lipinski definition) is 1. The highest BCUT2D eigenvalue weighted by atomic mass is 16.5. The minimum Gasteiger partial charge on any atom is -0.483 e. The number of ether oxygens (including phenoxy) is 1. The van der Waals surface area contributed by atoms with Crippen molar-refractivity contribution in [3.63, 3.8) is 0 Å². The highest BCUT2D eigenvalue weighted by molar-refractivity contribution is 5.80. The van der Waals surface area contributed by atoms with Crippen LogP contribution < -0.4 is 10.1 Å². The molecule has 0 aliphatic carbocycles. The number of amides is 1. The fraction of sp³-hybridized carbons (Fsp3) is 0.385. The van der Waals surface area contributed by atoms with Crippen LogP contribution in [0, 0.1) is 5.92 Å². The molecule has 0 atom stereocenters. The van der Waals surface area contributed by atoms with Crippen LogP contribution in [0.3, 0.4) is 0 Å². The van der Waals surface area contributed by atoms with Crippen molar-refractivity contribution in [2.75, 3.05) is 13.2 Å². The topological polar surface area (TPSA) is 55.4 Å². The number of carbonyl (C=O) groups is 2. The van der Waals surface area contributed by atoms with Crippen molar-refractivity contribution >= 4 is 12.2 Å². The molecule has 0 fully saturated rings. The van der Waals surface area contributed by atoms with Crippen molar-refractivity contribution in [2.45, 2.75) is 13.8 Å². The minimum absolute atomic E-state index is 0.0719. The number of benzene rings is 1. The Morgan fingerprint density at radius 3 is 2.76 bits per heavy atom. The average molecular weight is 235 g/mol. The summed E-state index contributed by atoms with van der Waals surface area (Å²) < 4.78 is 5.28. The molecule has 0 radical (unpaired) electrons. The monoisotopic (exact) mass is 235 g/mol. The van der Waals surface area contributed by atoms with Crippen molar-refractivity contribution in [1.29, 1.82) is 0 Å². The molecule has 0 spiro atoms. The van der Waals surface area contributed by atoms with E-state index >= 15 is 0 Å². The molecule has 4 nitrogen and oxygen atoms in total. The van der Waals surface area contributed by atoms with Gasteiger partial charge in [0.1, 0.15) is 5.75 Å². The van der Waals surface area contributed by atoms with Gasteiger partial charge in [0, 0.05) is 6.54 Å². The maximum absolute atomic E-state index is 11.4. The third kappa shape index (κ3) is 4.68. The number of carbonyl (C=O) groups excluding carboxylic acids is 2. The Bertz CT molecular complexity index is 388. The van der Waals surface area contributed by atoms with Crippen LogP contribution in [0.2, 0.25) is 0 Å². The van der Waals surface area contributed by atoms with E-state index in [1.54, 1.807) is 24.3 Å². The van der Waals surface area contributed by atoms with E-state index in [-0.39, 0.29) is 12.5 Å². The SMILES string of the molecule is CC(C)CNC(=O)COc1ccccc1C=O. The second-order valence-corrected chi connectivity index (χ2v) is 4.14.